The third kappa shape index (κ3) is 1.76. The number of nitrogens with one attached hydrogen (secondary N) is 1. The molecule has 1 heterocycles. The molecule has 1 aliphatic heterocycles. The maximum atomic E-state index is 12.5. The SMILES string of the molecule is CC1CNC2c3ccccc3C(C)(C)CC2S1=O. The molecule has 4 unspecified atom stereocenters. The second kappa shape index (κ2) is 4.17. The van der Waals surface area contributed by atoms with Gasteiger partial charge in [0.05, 0.1) is 5.25 Å². The number of rotatable bonds is 0. The van der Waals surface area contributed by atoms with E-state index in [-0.39, 0.29) is 22.0 Å². The number of benzene rings is 1. The van der Waals surface area contributed by atoms with Gasteiger partial charge in [0, 0.05) is 28.6 Å². The van der Waals surface area contributed by atoms with Crippen molar-refractivity contribution in [3.63, 3.8) is 0 Å². The maximum absolute atomic E-state index is 12.5. The third-order valence-corrected chi connectivity index (χ3v) is 6.42. The molecule has 1 fully saturated rings. The lowest BCUT2D eigenvalue weighted by Crippen LogP contribution is -2.52. The predicted octanol–water partition coefficient (Wildman–Crippen LogP) is 2.52. The van der Waals surface area contributed by atoms with Gasteiger partial charge in [0.1, 0.15) is 0 Å². The van der Waals surface area contributed by atoms with E-state index in [2.05, 4.69) is 50.4 Å². The molecule has 1 aliphatic carbocycles. The third-order valence-electron chi connectivity index (χ3n) is 4.43. The van der Waals surface area contributed by atoms with Crippen LogP contribution in [0, 0.1) is 0 Å². The number of fused-ring (bicyclic) bond motifs is 3. The van der Waals surface area contributed by atoms with Crippen molar-refractivity contribution < 1.29 is 4.21 Å². The first-order chi connectivity index (χ1) is 8.50. The van der Waals surface area contributed by atoms with E-state index < -0.39 is 10.8 Å². The average molecular weight is 263 g/mol. The quantitative estimate of drug-likeness (QED) is 0.779. The Morgan fingerprint density at radius 2 is 2.06 bits per heavy atom. The monoisotopic (exact) mass is 263 g/mol. The molecule has 18 heavy (non-hydrogen) atoms. The summed E-state index contributed by atoms with van der Waals surface area (Å²) < 4.78 is 12.5. The van der Waals surface area contributed by atoms with Crippen LogP contribution in [-0.4, -0.2) is 21.3 Å². The van der Waals surface area contributed by atoms with Gasteiger partial charge < -0.3 is 5.32 Å². The standard InChI is InChI=1S/C15H21NOS/c1-10-9-16-14-11-6-4-5-7-12(11)15(2,3)8-13(14)18(10)17/h4-7,10,13-14,16H,8-9H2,1-3H3. The summed E-state index contributed by atoms with van der Waals surface area (Å²) in [5, 5.41) is 4.14. The zero-order valence-electron chi connectivity index (χ0n) is 11.3. The van der Waals surface area contributed by atoms with Gasteiger partial charge in [-0.25, -0.2) is 0 Å². The predicted molar refractivity (Wildman–Crippen MR) is 76.2 cm³/mol. The molecule has 98 valence electrons. The normalized spacial score (nSPS) is 37.7. The average Bonchev–Trinajstić information content (AvgIpc) is 2.35. The van der Waals surface area contributed by atoms with E-state index >= 15 is 0 Å². The van der Waals surface area contributed by atoms with E-state index in [1.807, 2.05) is 0 Å². The Labute approximate surface area is 112 Å². The molecule has 3 heteroatoms. The highest BCUT2D eigenvalue weighted by molar-refractivity contribution is 7.86. The zero-order chi connectivity index (χ0) is 12.9. The molecule has 0 amide bonds. The van der Waals surface area contributed by atoms with Gasteiger partial charge in [0.2, 0.25) is 0 Å². The van der Waals surface area contributed by atoms with Crippen LogP contribution in [0.5, 0.6) is 0 Å². The Balaban J connectivity index is 2.10. The lowest BCUT2D eigenvalue weighted by molar-refractivity contribution is 0.351. The van der Waals surface area contributed by atoms with Crippen molar-refractivity contribution in [3.8, 4) is 0 Å². The van der Waals surface area contributed by atoms with Crippen LogP contribution in [0.3, 0.4) is 0 Å². The van der Waals surface area contributed by atoms with Gasteiger partial charge in [-0.2, -0.15) is 0 Å². The smallest absolute Gasteiger partial charge is 0.0554 e. The lowest BCUT2D eigenvalue weighted by atomic mass is 9.70. The molecule has 0 aromatic heterocycles. The minimum Gasteiger partial charge on any atom is -0.308 e. The molecular weight excluding hydrogens is 242 g/mol. The molecule has 1 aromatic rings. The molecule has 1 saturated heterocycles. The van der Waals surface area contributed by atoms with Gasteiger partial charge in [-0.3, -0.25) is 4.21 Å². The van der Waals surface area contributed by atoms with E-state index in [0.717, 1.165) is 13.0 Å². The first-order valence-electron chi connectivity index (χ1n) is 6.73. The molecule has 1 aromatic carbocycles. The fourth-order valence-corrected chi connectivity index (χ4v) is 5.40. The molecule has 1 N–H and O–H groups in total. The van der Waals surface area contributed by atoms with Crippen molar-refractivity contribution in [2.45, 2.75) is 49.1 Å². The Morgan fingerprint density at radius 1 is 1.33 bits per heavy atom. The highest BCUT2D eigenvalue weighted by Crippen LogP contribution is 2.45. The minimum absolute atomic E-state index is 0.131. The first kappa shape index (κ1) is 12.4. The van der Waals surface area contributed by atoms with Crippen molar-refractivity contribution in [3.05, 3.63) is 35.4 Å². The minimum atomic E-state index is -0.718. The molecular formula is C15H21NOS. The summed E-state index contributed by atoms with van der Waals surface area (Å²) in [5.41, 5.74) is 2.91. The lowest BCUT2D eigenvalue weighted by Gasteiger charge is -2.46. The molecule has 0 saturated carbocycles. The van der Waals surface area contributed by atoms with Crippen molar-refractivity contribution in [1.82, 2.24) is 5.32 Å². The van der Waals surface area contributed by atoms with Gasteiger partial charge in [-0.1, -0.05) is 38.1 Å². The van der Waals surface area contributed by atoms with E-state index in [1.54, 1.807) is 0 Å². The maximum Gasteiger partial charge on any atom is 0.0554 e. The summed E-state index contributed by atoms with van der Waals surface area (Å²) in [5.74, 6) is 0. The van der Waals surface area contributed by atoms with Gasteiger partial charge in [-0.15, -0.1) is 0 Å². The Kier molecular flexibility index (Phi) is 2.87. The van der Waals surface area contributed by atoms with Crippen LogP contribution in [0.4, 0.5) is 0 Å². The summed E-state index contributed by atoms with van der Waals surface area (Å²) in [6.45, 7) is 7.51. The summed E-state index contributed by atoms with van der Waals surface area (Å²) in [7, 11) is -0.718. The van der Waals surface area contributed by atoms with Crippen LogP contribution in [0.1, 0.15) is 44.4 Å². The van der Waals surface area contributed by atoms with Crippen LogP contribution in [0.25, 0.3) is 0 Å². The zero-order valence-corrected chi connectivity index (χ0v) is 12.1. The topological polar surface area (TPSA) is 29.1 Å². The Bertz CT molecular complexity index is 497. The van der Waals surface area contributed by atoms with Crippen LogP contribution < -0.4 is 5.32 Å². The van der Waals surface area contributed by atoms with E-state index in [0.29, 0.717) is 0 Å². The van der Waals surface area contributed by atoms with Crippen LogP contribution in [0.2, 0.25) is 0 Å². The molecule has 2 nitrogen and oxygen atoms in total. The number of hydrogen-bond donors (Lipinski definition) is 1. The second-order valence-electron chi connectivity index (χ2n) is 6.24. The van der Waals surface area contributed by atoms with E-state index in [9.17, 15) is 4.21 Å². The first-order valence-corrected chi connectivity index (χ1v) is 8.00. The summed E-state index contributed by atoms with van der Waals surface area (Å²) in [6.07, 6.45) is 1.01. The fourth-order valence-electron chi connectivity index (χ4n) is 3.45. The van der Waals surface area contributed by atoms with Crippen molar-refractivity contribution in [2.75, 3.05) is 6.54 Å². The Morgan fingerprint density at radius 3 is 2.83 bits per heavy atom. The van der Waals surface area contributed by atoms with Crippen LogP contribution >= 0.6 is 0 Å². The summed E-state index contributed by atoms with van der Waals surface area (Å²) in [6, 6.07) is 8.93. The fraction of sp³-hybridized carbons (Fsp3) is 0.600. The molecule has 0 bridgehead atoms. The van der Waals surface area contributed by atoms with E-state index in [1.165, 1.54) is 11.1 Å². The van der Waals surface area contributed by atoms with E-state index in [4.69, 9.17) is 0 Å². The number of hydrogen-bond acceptors (Lipinski definition) is 2. The molecule has 2 aliphatic rings. The Hall–Kier alpha value is -0.670. The summed E-state index contributed by atoms with van der Waals surface area (Å²) in [4.78, 5) is 0. The molecule has 0 radical (unpaired) electrons. The van der Waals surface area contributed by atoms with Gasteiger partial charge >= 0.3 is 0 Å². The highest BCUT2D eigenvalue weighted by Gasteiger charge is 2.44. The van der Waals surface area contributed by atoms with Crippen molar-refractivity contribution >= 4 is 10.8 Å². The van der Waals surface area contributed by atoms with Crippen molar-refractivity contribution in [1.29, 1.82) is 0 Å². The van der Waals surface area contributed by atoms with Crippen LogP contribution in [0.15, 0.2) is 24.3 Å². The second-order valence-corrected chi connectivity index (χ2v) is 8.31. The van der Waals surface area contributed by atoms with Crippen LogP contribution in [-0.2, 0) is 16.2 Å². The van der Waals surface area contributed by atoms with Crippen molar-refractivity contribution in [2.24, 2.45) is 0 Å². The summed E-state index contributed by atoms with van der Waals surface area (Å²) >= 11 is 0. The molecule has 0 spiro atoms. The largest absolute Gasteiger partial charge is 0.308 e. The van der Waals surface area contributed by atoms with Gasteiger partial charge in [0.15, 0.2) is 0 Å². The molecule has 3 rings (SSSR count). The van der Waals surface area contributed by atoms with Gasteiger partial charge in [0.25, 0.3) is 0 Å². The highest BCUT2D eigenvalue weighted by atomic mass is 32.2. The molecule has 4 atom stereocenters. The van der Waals surface area contributed by atoms with Gasteiger partial charge in [-0.05, 0) is 29.9 Å².